The largest absolute Gasteiger partial charge is 0.493 e. The summed E-state index contributed by atoms with van der Waals surface area (Å²) in [7, 11) is 0. The van der Waals surface area contributed by atoms with Crippen LogP contribution in [0.5, 0.6) is 5.75 Å². The molecule has 0 saturated heterocycles. The van der Waals surface area contributed by atoms with Crippen molar-refractivity contribution in [1.82, 2.24) is 4.98 Å². The fraction of sp³-hybridized carbons (Fsp3) is 0.172. The molecule has 188 valence electrons. The lowest BCUT2D eigenvalue weighted by Gasteiger charge is -2.09. The maximum absolute atomic E-state index is 11.6. The molecule has 0 atom stereocenters. The molecule has 4 aromatic rings. The highest BCUT2D eigenvalue weighted by molar-refractivity contribution is 6.63. The van der Waals surface area contributed by atoms with Crippen LogP contribution in [-0.4, -0.2) is 34.1 Å². The smallest absolute Gasteiger partial charge is 0.402 e. The van der Waals surface area contributed by atoms with Gasteiger partial charge in [-0.2, -0.15) is 5.10 Å². The summed E-state index contributed by atoms with van der Waals surface area (Å²) >= 11 is 0. The Bertz CT molecular complexity index is 1430. The van der Waals surface area contributed by atoms with Crippen LogP contribution < -0.4 is 15.6 Å². The molecule has 0 spiro atoms. The number of rotatable bonds is 11. The van der Waals surface area contributed by atoms with Crippen molar-refractivity contribution >= 4 is 23.1 Å². The Morgan fingerprint density at radius 2 is 1.84 bits per heavy atom. The van der Waals surface area contributed by atoms with Crippen LogP contribution >= 0.6 is 0 Å². The van der Waals surface area contributed by atoms with Gasteiger partial charge in [-0.3, -0.25) is 5.43 Å². The van der Waals surface area contributed by atoms with Crippen molar-refractivity contribution in [1.29, 1.82) is 0 Å². The van der Waals surface area contributed by atoms with E-state index in [0.29, 0.717) is 24.7 Å². The molecular formula is C29H29N4O4+. The molecule has 1 heterocycles. The van der Waals surface area contributed by atoms with Gasteiger partial charge in [-0.05, 0) is 61.4 Å². The molecule has 37 heavy (non-hydrogen) atoms. The minimum Gasteiger partial charge on any atom is -0.493 e. The molecule has 3 aromatic carbocycles. The number of aryl methyl sites for hydroxylation is 2. The molecule has 8 heteroatoms. The van der Waals surface area contributed by atoms with Crippen LogP contribution in [0.15, 0.2) is 88.4 Å². The number of nitrogens with one attached hydrogen (secondary N) is 1. The first-order chi connectivity index (χ1) is 17.9. The van der Waals surface area contributed by atoms with Crippen LogP contribution in [0, 0.1) is 13.8 Å². The molecule has 1 aromatic heterocycles. The normalized spacial score (nSPS) is 11.2. The van der Waals surface area contributed by atoms with E-state index >= 15 is 0 Å². The fourth-order valence-electron chi connectivity index (χ4n) is 3.73. The summed E-state index contributed by atoms with van der Waals surface area (Å²) in [6.07, 6.45) is 0.802. The van der Waals surface area contributed by atoms with Gasteiger partial charge in [0.25, 0.3) is 0 Å². The van der Waals surface area contributed by atoms with Crippen LogP contribution in [0.4, 0.5) is 5.69 Å². The van der Waals surface area contributed by atoms with Crippen LogP contribution in [-0.2, 0) is 17.6 Å². The van der Waals surface area contributed by atoms with Gasteiger partial charge in [0.15, 0.2) is 0 Å². The Hall–Kier alpha value is -4.72. The minimum atomic E-state index is -1.23. The summed E-state index contributed by atoms with van der Waals surface area (Å²) in [5.41, 5.74) is 7.19. The number of aliphatic carboxylic acids is 1. The number of carboxylic acids is 1. The Morgan fingerprint density at radius 1 is 1.05 bits per heavy atom. The van der Waals surface area contributed by atoms with Crippen LogP contribution in [0.25, 0.3) is 11.5 Å². The van der Waals surface area contributed by atoms with Gasteiger partial charge in [-0.25, -0.2) is 15.2 Å². The van der Waals surface area contributed by atoms with Gasteiger partial charge in [0, 0.05) is 18.4 Å². The molecule has 0 saturated carbocycles. The lowest BCUT2D eigenvalue weighted by molar-refractivity contribution is -0.145. The van der Waals surface area contributed by atoms with Crippen LogP contribution in [0.3, 0.4) is 0 Å². The third-order valence-electron chi connectivity index (χ3n) is 5.67. The second kappa shape index (κ2) is 11.8. The number of carboxylic acid groups (broad SMARTS) is 1. The van der Waals surface area contributed by atoms with Gasteiger partial charge in [0.2, 0.25) is 5.89 Å². The van der Waals surface area contributed by atoms with E-state index in [0.717, 1.165) is 33.8 Å². The maximum atomic E-state index is 11.6. The van der Waals surface area contributed by atoms with Crippen molar-refractivity contribution in [2.45, 2.75) is 26.7 Å². The van der Waals surface area contributed by atoms with Gasteiger partial charge >= 0.3 is 11.7 Å². The van der Waals surface area contributed by atoms with Crippen molar-refractivity contribution < 1.29 is 24.5 Å². The minimum absolute atomic E-state index is 0.219. The predicted molar refractivity (Wildman–Crippen MR) is 143 cm³/mol. The highest BCUT2D eigenvalue weighted by Crippen LogP contribution is 2.22. The van der Waals surface area contributed by atoms with Gasteiger partial charge in [0.05, 0.1) is 18.0 Å². The first-order valence-electron chi connectivity index (χ1n) is 11.9. The van der Waals surface area contributed by atoms with Gasteiger partial charge in [-0.1, -0.05) is 42.5 Å². The highest BCUT2D eigenvalue weighted by Gasteiger charge is 2.22. The number of carbonyl (C=O) groups is 1. The summed E-state index contributed by atoms with van der Waals surface area (Å²) in [5, 5.41) is 19.6. The third kappa shape index (κ3) is 6.91. The molecule has 0 aliphatic carbocycles. The van der Waals surface area contributed by atoms with E-state index in [-0.39, 0.29) is 17.8 Å². The highest BCUT2D eigenvalue weighted by atomic mass is 16.5. The summed E-state index contributed by atoms with van der Waals surface area (Å²) in [4.78, 5) is 16.2. The third-order valence-corrected chi connectivity index (χ3v) is 5.67. The van der Waals surface area contributed by atoms with E-state index in [9.17, 15) is 9.90 Å². The first kappa shape index (κ1) is 25.4. The molecule has 0 unspecified atom stereocenters. The van der Waals surface area contributed by atoms with Crippen molar-refractivity contribution in [2.75, 3.05) is 12.0 Å². The summed E-state index contributed by atoms with van der Waals surface area (Å²) in [6.45, 7) is 4.26. The number of nitrogens with two attached hydrogens (primary N) is 1. The SMILES string of the molecule is Cc1cccc(N/N=C(/Cc2cccc(OCCc3nc(-c4ccccc4)oc3C)c2)C(=[NH2+])C(=O)O)c1. The Labute approximate surface area is 215 Å². The van der Waals surface area contributed by atoms with Crippen molar-refractivity contribution in [3.05, 3.63) is 101 Å². The van der Waals surface area contributed by atoms with E-state index < -0.39 is 5.97 Å². The number of benzene rings is 3. The van der Waals surface area contributed by atoms with Crippen molar-refractivity contribution in [3.8, 4) is 17.2 Å². The summed E-state index contributed by atoms with van der Waals surface area (Å²) < 4.78 is 11.8. The Balaban J connectivity index is 1.41. The molecule has 0 fully saturated rings. The number of oxazole rings is 1. The summed E-state index contributed by atoms with van der Waals surface area (Å²) in [5.74, 6) is 0.781. The zero-order valence-corrected chi connectivity index (χ0v) is 20.8. The van der Waals surface area contributed by atoms with E-state index in [2.05, 4.69) is 15.5 Å². The molecule has 0 bridgehead atoms. The van der Waals surface area contributed by atoms with Gasteiger partial charge < -0.3 is 14.3 Å². The second-order valence-electron chi connectivity index (χ2n) is 8.57. The topological polar surface area (TPSA) is 123 Å². The average Bonchev–Trinajstić information content (AvgIpc) is 3.27. The zero-order chi connectivity index (χ0) is 26.2. The Morgan fingerprint density at radius 3 is 2.59 bits per heavy atom. The number of hydrazone groups is 1. The number of aromatic nitrogens is 1. The van der Waals surface area contributed by atoms with E-state index in [1.807, 2.05) is 92.7 Å². The lowest BCUT2D eigenvalue weighted by atomic mass is 10.0. The molecule has 0 radical (unpaired) electrons. The second-order valence-corrected chi connectivity index (χ2v) is 8.57. The molecule has 4 N–H and O–H groups in total. The van der Waals surface area contributed by atoms with E-state index in [1.165, 1.54) is 0 Å². The monoisotopic (exact) mass is 497 g/mol. The standard InChI is InChI=1S/C29H28N4O4/c1-19-8-6-12-23(16-19)32-33-26(27(30)29(34)35)18-21-9-7-13-24(17-21)36-15-14-25-20(2)37-28(31-25)22-10-4-3-5-11-22/h3-13,16-17,30,32H,14-15,18H2,1-2H3,(H,34,35)/p+1/b30-27?,33-26-. The number of ether oxygens (including phenoxy) is 1. The lowest BCUT2D eigenvalue weighted by Crippen LogP contribution is -2.50. The predicted octanol–water partition coefficient (Wildman–Crippen LogP) is 3.88. The van der Waals surface area contributed by atoms with Gasteiger partial charge in [0.1, 0.15) is 17.2 Å². The van der Waals surface area contributed by atoms with Crippen molar-refractivity contribution in [2.24, 2.45) is 5.10 Å². The number of hydrogen-bond donors (Lipinski definition) is 3. The van der Waals surface area contributed by atoms with Crippen LogP contribution in [0.1, 0.15) is 22.6 Å². The zero-order valence-electron chi connectivity index (χ0n) is 20.8. The molecular weight excluding hydrogens is 468 g/mol. The van der Waals surface area contributed by atoms with E-state index in [1.54, 1.807) is 0 Å². The number of hydrogen-bond acceptors (Lipinski definition) is 6. The molecule has 0 amide bonds. The average molecular weight is 498 g/mol. The van der Waals surface area contributed by atoms with Crippen LogP contribution in [0.2, 0.25) is 0 Å². The van der Waals surface area contributed by atoms with Gasteiger partial charge in [-0.15, -0.1) is 0 Å². The molecule has 0 aliphatic rings. The fourth-order valence-corrected chi connectivity index (χ4v) is 3.73. The van der Waals surface area contributed by atoms with E-state index in [4.69, 9.17) is 14.6 Å². The van der Waals surface area contributed by atoms with Crippen molar-refractivity contribution in [3.63, 3.8) is 0 Å². The first-order valence-corrected chi connectivity index (χ1v) is 11.9. The molecule has 4 rings (SSSR count). The number of anilines is 1. The quantitative estimate of drug-likeness (QED) is 0.214. The maximum Gasteiger partial charge on any atom is 0.402 e. The summed E-state index contributed by atoms with van der Waals surface area (Å²) in [6, 6.07) is 24.8. The number of nitrogens with zero attached hydrogens (tertiary/aromatic N) is 2. The molecule has 8 nitrogen and oxygen atoms in total. The Kier molecular flexibility index (Phi) is 8.10. The molecule has 0 aliphatic heterocycles.